The molecule has 2 N–H and O–H groups in total. The van der Waals surface area contributed by atoms with Gasteiger partial charge in [-0.3, -0.25) is 4.79 Å². The van der Waals surface area contributed by atoms with E-state index in [2.05, 4.69) is 15.7 Å². The quantitative estimate of drug-likeness (QED) is 0.398. The Labute approximate surface area is 260 Å². The number of hydrogen-bond acceptors (Lipinski definition) is 7. The third-order valence-corrected chi connectivity index (χ3v) is 12.1. The first-order valence-corrected chi connectivity index (χ1v) is 17.4. The summed E-state index contributed by atoms with van der Waals surface area (Å²) in [4.78, 5) is 15.6. The molecule has 0 saturated heterocycles. The number of nitriles is 1. The van der Waals surface area contributed by atoms with Crippen LogP contribution in [0.5, 0.6) is 5.75 Å². The Kier molecular flexibility index (Phi) is 9.60. The molecule has 2 bridgehead atoms. The number of nitrogens with one attached hydrogen (secondary N) is 1. The van der Waals surface area contributed by atoms with Gasteiger partial charge in [-0.1, -0.05) is 31.0 Å². The van der Waals surface area contributed by atoms with Crippen LogP contribution >= 0.6 is 11.6 Å². The molecule has 3 aliphatic rings. The predicted molar refractivity (Wildman–Crippen MR) is 168 cm³/mol. The van der Waals surface area contributed by atoms with E-state index in [1.165, 1.54) is 0 Å². The molecular formula is C33H42ClN3O5S. The zero-order chi connectivity index (χ0) is 30.8. The van der Waals surface area contributed by atoms with Crippen LogP contribution in [0.3, 0.4) is 0 Å². The van der Waals surface area contributed by atoms with Gasteiger partial charge >= 0.3 is 0 Å². The lowest BCUT2D eigenvalue weighted by Crippen LogP contribution is -2.51. The number of aliphatic hydroxyl groups is 1. The van der Waals surface area contributed by atoms with Crippen LogP contribution in [0.1, 0.15) is 86.7 Å². The van der Waals surface area contributed by atoms with Gasteiger partial charge in [0.2, 0.25) is 10.0 Å². The first-order valence-electron chi connectivity index (χ1n) is 15.4. The van der Waals surface area contributed by atoms with E-state index in [1.54, 1.807) is 25.1 Å². The van der Waals surface area contributed by atoms with Crippen LogP contribution in [0.2, 0.25) is 5.02 Å². The number of carbonyl (C=O) groups is 1. The highest BCUT2D eigenvalue weighted by Crippen LogP contribution is 2.47. The summed E-state index contributed by atoms with van der Waals surface area (Å²) >= 11 is 6.31. The van der Waals surface area contributed by atoms with Gasteiger partial charge in [0.25, 0.3) is 5.91 Å². The number of aryl methyl sites for hydroxylation is 1. The molecule has 1 aliphatic carbocycles. The summed E-state index contributed by atoms with van der Waals surface area (Å²) in [6.07, 6.45) is 6.12. The Balaban J connectivity index is 1.56. The second-order valence-electron chi connectivity index (χ2n) is 12.7. The average molecular weight is 628 g/mol. The maximum Gasteiger partial charge on any atom is 0.264 e. The molecule has 2 aliphatic heterocycles. The minimum absolute atomic E-state index is 0.0306. The maximum absolute atomic E-state index is 13.3. The predicted octanol–water partition coefficient (Wildman–Crippen LogP) is 6.00. The van der Waals surface area contributed by atoms with Gasteiger partial charge < -0.3 is 14.7 Å². The molecule has 8 nitrogen and oxygen atoms in total. The lowest BCUT2D eigenvalue weighted by atomic mass is 9.62. The topological polar surface area (TPSA) is 120 Å². The first kappa shape index (κ1) is 31.6. The molecule has 0 unspecified atom stereocenters. The smallest absolute Gasteiger partial charge is 0.264 e. The molecule has 2 aromatic rings. The number of hydrogen-bond donors (Lipinski definition) is 2. The van der Waals surface area contributed by atoms with Gasteiger partial charge in [0, 0.05) is 23.7 Å². The molecular weight excluding hydrogens is 586 g/mol. The first-order chi connectivity index (χ1) is 20.5. The normalized spacial score (nSPS) is 29.7. The summed E-state index contributed by atoms with van der Waals surface area (Å²) in [6.45, 7) is 5.14. The summed E-state index contributed by atoms with van der Waals surface area (Å²) in [7, 11) is -3.95. The van der Waals surface area contributed by atoms with E-state index in [9.17, 15) is 23.6 Å². The highest BCUT2D eigenvalue weighted by Gasteiger charge is 2.47. The molecule has 1 fully saturated rings. The van der Waals surface area contributed by atoms with Gasteiger partial charge in [0.05, 0.1) is 29.0 Å². The van der Waals surface area contributed by atoms with Crippen LogP contribution in [0.4, 0.5) is 5.69 Å². The Hall–Kier alpha value is -2.80. The zero-order valence-corrected chi connectivity index (χ0v) is 26.6. The van der Waals surface area contributed by atoms with E-state index in [1.807, 2.05) is 25.1 Å². The van der Waals surface area contributed by atoms with Gasteiger partial charge in [0.1, 0.15) is 12.4 Å². The van der Waals surface area contributed by atoms with Crippen LogP contribution in [0.15, 0.2) is 36.4 Å². The number of amides is 1. The highest BCUT2D eigenvalue weighted by molar-refractivity contribution is 7.90. The molecule has 5 atom stereocenters. The molecule has 0 spiro atoms. The third kappa shape index (κ3) is 6.97. The van der Waals surface area contributed by atoms with E-state index in [0.29, 0.717) is 49.7 Å². The molecule has 2 aromatic carbocycles. The van der Waals surface area contributed by atoms with Crippen molar-refractivity contribution in [3.05, 3.63) is 58.1 Å². The van der Waals surface area contributed by atoms with E-state index in [0.717, 1.165) is 48.9 Å². The minimum Gasteiger partial charge on any atom is -0.487 e. The second kappa shape index (κ2) is 13.1. The van der Waals surface area contributed by atoms with Crippen molar-refractivity contribution in [2.24, 2.45) is 17.8 Å². The number of anilines is 1. The van der Waals surface area contributed by atoms with Gasteiger partial charge in [-0.15, -0.1) is 0 Å². The molecule has 5 rings (SSSR count). The lowest BCUT2D eigenvalue weighted by Gasteiger charge is -2.48. The number of carbonyl (C=O) groups excluding carboxylic acids is 1. The molecule has 1 amide bonds. The van der Waals surface area contributed by atoms with Gasteiger partial charge in [-0.25, -0.2) is 13.1 Å². The third-order valence-electron chi connectivity index (χ3n) is 9.98. The molecule has 10 heteroatoms. The molecule has 43 heavy (non-hydrogen) atoms. The summed E-state index contributed by atoms with van der Waals surface area (Å²) in [5.74, 6) is -0.149. The fraction of sp³-hybridized carbons (Fsp3) is 0.576. The van der Waals surface area contributed by atoms with Crippen LogP contribution in [-0.4, -0.2) is 43.4 Å². The lowest BCUT2D eigenvalue weighted by molar-refractivity contribution is -0.0850. The van der Waals surface area contributed by atoms with Crippen LogP contribution in [-0.2, 0) is 23.1 Å². The summed E-state index contributed by atoms with van der Waals surface area (Å²) in [6, 6.07) is 13.2. The molecule has 1 saturated carbocycles. The number of ether oxygens (including phenoxy) is 1. The van der Waals surface area contributed by atoms with Crippen LogP contribution < -0.4 is 14.4 Å². The largest absolute Gasteiger partial charge is 0.487 e. The standard InChI is InChI=1S/C33H42ClN3O5S/c1-22-6-5-14-33(39,15-16-35)29-12-9-26(29)20-37-17-4-3-7-24-18-28(34)11-8-27(24)21-42-31-13-10-25(19-30(31)37)32(38)36-43(40,41)23(22)2/h8,10-11,13,18-19,22-23,26,29,39H,3-7,9,12,14-15,17,20-21H2,1-2H3,(H,36,38)/t22-,23+,26-,29+,33+/m0/s1. The number of halogens is 1. The number of nitrogens with zero attached hydrogens (tertiary/aromatic N) is 2. The fourth-order valence-electron chi connectivity index (χ4n) is 6.95. The van der Waals surface area contributed by atoms with Crippen molar-refractivity contribution < 1.29 is 23.1 Å². The van der Waals surface area contributed by atoms with Crippen molar-refractivity contribution in [3.63, 3.8) is 0 Å². The maximum atomic E-state index is 13.3. The van der Waals surface area contributed by atoms with Crippen LogP contribution in [0.25, 0.3) is 0 Å². The minimum atomic E-state index is -3.95. The Bertz CT molecular complexity index is 1490. The van der Waals surface area contributed by atoms with Crippen molar-refractivity contribution in [2.75, 3.05) is 18.0 Å². The molecule has 0 radical (unpaired) electrons. The van der Waals surface area contributed by atoms with E-state index in [4.69, 9.17) is 16.3 Å². The molecule has 232 valence electrons. The van der Waals surface area contributed by atoms with Gasteiger partial charge in [0.15, 0.2) is 0 Å². The number of fused-ring (bicyclic) bond motifs is 3. The SMILES string of the molecule is C[C@@H]1[C@@H](C)CCC[C@@](O)(CC#N)[C@@H]2CC[C@H]2CN2CCCCc3cc(Cl)ccc3COc3ccc(cc32)C(=O)NS1(=O)=O. The Morgan fingerprint density at radius 2 is 1.93 bits per heavy atom. The summed E-state index contributed by atoms with van der Waals surface area (Å²) in [5.41, 5.74) is 2.05. The van der Waals surface area contributed by atoms with Crippen molar-refractivity contribution in [2.45, 2.75) is 89.1 Å². The average Bonchev–Trinajstić information content (AvgIpc) is 2.97. The summed E-state index contributed by atoms with van der Waals surface area (Å²) in [5, 5.41) is 21.4. The van der Waals surface area contributed by atoms with Gasteiger partial charge in [-0.2, -0.15) is 5.26 Å². The number of rotatable bonds is 1. The van der Waals surface area contributed by atoms with Gasteiger partial charge in [-0.05, 0) is 111 Å². The van der Waals surface area contributed by atoms with Crippen molar-refractivity contribution in [1.82, 2.24) is 4.72 Å². The zero-order valence-electron chi connectivity index (χ0n) is 25.0. The summed E-state index contributed by atoms with van der Waals surface area (Å²) < 4.78 is 35.2. The molecule has 2 heterocycles. The van der Waals surface area contributed by atoms with E-state index in [-0.39, 0.29) is 29.7 Å². The monoisotopic (exact) mass is 627 g/mol. The Morgan fingerprint density at radius 3 is 2.67 bits per heavy atom. The van der Waals surface area contributed by atoms with E-state index < -0.39 is 26.8 Å². The van der Waals surface area contributed by atoms with Crippen LogP contribution in [0, 0.1) is 29.1 Å². The number of sulfonamides is 1. The van der Waals surface area contributed by atoms with Crippen molar-refractivity contribution >= 4 is 33.2 Å². The van der Waals surface area contributed by atoms with Crippen molar-refractivity contribution in [3.8, 4) is 11.8 Å². The number of benzene rings is 2. The fourth-order valence-corrected chi connectivity index (χ4v) is 8.46. The molecule has 0 aromatic heterocycles. The highest BCUT2D eigenvalue weighted by atomic mass is 35.5. The second-order valence-corrected chi connectivity index (χ2v) is 15.2. The van der Waals surface area contributed by atoms with E-state index >= 15 is 0 Å². The van der Waals surface area contributed by atoms with Crippen molar-refractivity contribution in [1.29, 1.82) is 5.26 Å². The Morgan fingerprint density at radius 1 is 1.12 bits per heavy atom.